The zero-order valence-corrected chi connectivity index (χ0v) is 7.18. The van der Waals surface area contributed by atoms with Crippen LogP contribution in [0.15, 0.2) is 16.8 Å². The Labute approximate surface area is 76.7 Å². The van der Waals surface area contributed by atoms with E-state index in [-0.39, 0.29) is 5.92 Å². The van der Waals surface area contributed by atoms with Gasteiger partial charge in [0.05, 0.1) is 18.4 Å². The first-order valence-electron chi connectivity index (χ1n) is 4.36. The summed E-state index contributed by atoms with van der Waals surface area (Å²) in [7, 11) is 0. The van der Waals surface area contributed by atoms with Crippen molar-refractivity contribution in [2.75, 3.05) is 0 Å². The lowest BCUT2D eigenvalue weighted by Crippen LogP contribution is -2.29. The topological polar surface area (TPSA) is 71.4 Å². The summed E-state index contributed by atoms with van der Waals surface area (Å²) in [6.07, 6.45) is 5.47. The van der Waals surface area contributed by atoms with Crippen molar-refractivity contribution in [1.82, 2.24) is 0 Å². The van der Waals surface area contributed by atoms with Crippen molar-refractivity contribution >= 4 is 6.21 Å². The fraction of sp³-hybridized carbons (Fsp3) is 0.556. The Morgan fingerprint density at radius 2 is 2.38 bits per heavy atom. The van der Waals surface area contributed by atoms with Crippen LogP contribution in [0.1, 0.15) is 12.8 Å². The fourth-order valence-electron chi connectivity index (χ4n) is 1.13. The van der Waals surface area contributed by atoms with Crippen molar-refractivity contribution < 1.29 is 4.74 Å². The van der Waals surface area contributed by atoms with Crippen molar-refractivity contribution in [2.24, 2.45) is 16.6 Å². The lowest BCUT2D eigenvalue weighted by molar-refractivity contribution is 0.213. The van der Waals surface area contributed by atoms with Crippen LogP contribution in [0, 0.1) is 17.2 Å². The summed E-state index contributed by atoms with van der Waals surface area (Å²) in [4.78, 5) is 3.98. The largest absolute Gasteiger partial charge is 0.489 e. The minimum atomic E-state index is -0.434. The second-order valence-corrected chi connectivity index (χ2v) is 3.31. The normalized spacial score (nSPS) is 32.2. The number of hydrogen-bond acceptors (Lipinski definition) is 4. The molecule has 1 saturated carbocycles. The van der Waals surface area contributed by atoms with Gasteiger partial charge in [-0.1, -0.05) is 0 Å². The first-order valence-corrected chi connectivity index (χ1v) is 4.36. The van der Waals surface area contributed by atoms with Gasteiger partial charge in [-0.05, 0) is 18.9 Å². The van der Waals surface area contributed by atoms with Gasteiger partial charge >= 0.3 is 0 Å². The summed E-state index contributed by atoms with van der Waals surface area (Å²) in [5, 5.41) is 8.72. The van der Waals surface area contributed by atoms with E-state index >= 15 is 0 Å². The monoisotopic (exact) mass is 177 g/mol. The standard InChI is InChI=1S/C9H11N3O/c10-4-6-3-8(5-12-9(6)11)13-7-1-2-7/h3,5-7,9H,1-2,11H2. The van der Waals surface area contributed by atoms with Crippen molar-refractivity contribution in [3.8, 4) is 6.07 Å². The molecule has 0 aromatic carbocycles. The van der Waals surface area contributed by atoms with Crippen LogP contribution in [0.2, 0.25) is 0 Å². The Morgan fingerprint density at radius 3 is 3.00 bits per heavy atom. The molecule has 0 radical (unpaired) electrons. The van der Waals surface area contributed by atoms with Gasteiger partial charge in [-0.3, -0.25) is 4.99 Å². The molecule has 0 aromatic rings. The molecule has 0 aromatic heterocycles. The van der Waals surface area contributed by atoms with E-state index in [1.165, 1.54) is 0 Å². The molecule has 2 rings (SSSR count). The molecule has 0 bridgehead atoms. The van der Waals surface area contributed by atoms with Gasteiger partial charge in [-0.2, -0.15) is 5.26 Å². The van der Waals surface area contributed by atoms with E-state index in [4.69, 9.17) is 15.7 Å². The third-order valence-electron chi connectivity index (χ3n) is 2.06. The van der Waals surface area contributed by atoms with Crippen LogP contribution < -0.4 is 5.73 Å². The predicted molar refractivity (Wildman–Crippen MR) is 47.8 cm³/mol. The van der Waals surface area contributed by atoms with Gasteiger partial charge in [0.1, 0.15) is 17.8 Å². The maximum absolute atomic E-state index is 8.72. The van der Waals surface area contributed by atoms with Crippen LogP contribution in [0.25, 0.3) is 0 Å². The molecule has 0 amide bonds. The van der Waals surface area contributed by atoms with Crippen LogP contribution in [0.4, 0.5) is 0 Å². The molecular weight excluding hydrogens is 166 g/mol. The van der Waals surface area contributed by atoms with Gasteiger partial charge in [-0.25, -0.2) is 0 Å². The lowest BCUT2D eigenvalue weighted by atomic mass is 10.1. The number of hydrogen-bond donors (Lipinski definition) is 1. The number of nitrogens with two attached hydrogens (primary N) is 1. The van der Waals surface area contributed by atoms with Crippen LogP contribution in [-0.2, 0) is 4.74 Å². The molecule has 4 nitrogen and oxygen atoms in total. The maximum Gasteiger partial charge on any atom is 0.135 e. The summed E-state index contributed by atoms with van der Waals surface area (Å²) >= 11 is 0. The molecule has 1 aliphatic heterocycles. The van der Waals surface area contributed by atoms with Gasteiger partial charge in [0.2, 0.25) is 0 Å². The zero-order valence-electron chi connectivity index (χ0n) is 7.18. The van der Waals surface area contributed by atoms with Crippen LogP contribution >= 0.6 is 0 Å². The van der Waals surface area contributed by atoms with E-state index in [2.05, 4.69) is 11.1 Å². The summed E-state index contributed by atoms with van der Waals surface area (Å²) in [5.41, 5.74) is 5.58. The van der Waals surface area contributed by atoms with Gasteiger partial charge in [0, 0.05) is 0 Å². The fourth-order valence-corrected chi connectivity index (χ4v) is 1.13. The number of rotatable bonds is 2. The molecule has 68 valence electrons. The Balaban J connectivity index is 2.03. The molecule has 0 spiro atoms. The summed E-state index contributed by atoms with van der Waals surface area (Å²) < 4.78 is 5.49. The average molecular weight is 177 g/mol. The Hall–Kier alpha value is -1.34. The smallest absolute Gasteiger partial charge is 0.135 e. The van der Waals surface area contributed by atoms with Crippen molar-refractivity contribution in [3.05, 3.63) is 11.8 Å². The van der Waals surface area contributed by atoms with Crippen LogP contribution in [0.3, 0.4) is 0 Å². The van der Waals surface area contributed by atoms with Gasteiger partial charge in [0.15, 0.2) is 0 Å². The molecule has 0 saturated heterocycles. The SMILES string of the molecule is N#CC1C=C(OC2CC2)C=NC1N. The molecule has 1 fully saturated rings. The number of dihydropyridines is 1. The highest BCUT2D eigenvalue weighted by molar-refractivity contribution is 5.77. The lowest BCUT2D eigenvalue weighted by Gasteiger charge is -2.16. The number of nitrogens with zero attached hydrogens (tertiary/aromatic N) is 2. The third-order valence-corrected chi connectivity index (χ3v) is 2.06. The number of ether oxygens (including phenoxy) is 1. The van der Waals surface area contributed by atoms with E-state index in [0.29, 0.717) is 11.9 Å². The van der Waals surface area contributed by atoms with Gasteiger partial charge in [-0.15, -0.1) is 0 Å². The second-order valence-electron chi connectivity index (χ2n) is 3.31. The number of allylic oxidation sites excluding steroid dienone is 1. The third kappa shape index (κ3) is 1.87. The highest BCUT2D eigenvalue weighted by atomic mass is 16.5. The predicted octanol–water partition coefficient (Wildman–Crippen LogP) is 0.558. The molecule has 13 heavy (non-hydrogen) atoms. The summed E-state index contributed by atoms with van der Waals surface area (Å²) in [6, 6.07) is 2.08. The maximum atomic E-state index is 8.72. The molecule has 2 N–H and O–H groups in total. The Bertz CT molecular complexity index is 298. The van der Waals surface area contributed by atoms with Crippen molar-refractivity contribution in [1.29, 1.82) is 5.26 Å². The number of aliphatic imine (C=N–C) groups is 1. The minimum Gasteiger partial charge on any atom is -0.489 e. The van der Waals surface area contributed by atoms with Crippen LogP contribution in [0.5, 0.6) is 0 Å². The highest BCUT2D eigenvalue weighted by Gasteiger charge is 2.26. The molecule has 2 unspecified atom stereocenters. The molecule has 1 aliphatic carbocycles. The summed E-state index contributed by atoms with van der Waals surface area (Å²) in [5.74, 6) is 0.342. The van der Waals surface area contributed by atoms with Crippen molar-refractivity contribution in [3.63, 3.8) is 0 Å². The van der Waals surface area contributed by atoms with Gasteiger partial charge < -0.3 is 10.5 Å². The average Bonchev–Trinajstić information content (AvgIpc) is 2.92. The quantitative estimate of drug-likeness (QED) is 0.669. The zero-order chi connectivity index (χ0) is 9.26. The highest BCUT2D eigenvalue weighted by Crippen LogP contribution is 2.27. The van der Waals surface area contributed by atoms with E-state index in [9.17, 15) is 0 Å². The Morgan fingerprint density at radius 1 is 1.62 bits per heavy atom. The molecule has 2 aliphatic rings. The first-order chi connectivity index (χ1) is 6.29. The second kappa shape index (κ2) is 3.19. The first kappa shape index (κ1) is 8.27. The summed E-state index contributed by atoms with van der Waals surface area (Å²) in [6.45, 7) is 0. The molecule has 1 heterocycles. The van der Waals surface area contributed by atoms with Crippen molar-refractivity contribution in [2.45, 2.75) is 25.1 Å². The van der Waals surface area contributed by atoms with Crippen LogP contribution in [-0.4, -0.2) is 18.5 Å². The Kier molecular flexibility index (Phi) is 2.03. The molecule has 2 atom stereocenters. The van der Waals surface area contributed by atoms with Gasteiger partial charge in [0.25, 0.3) is 0 Å². The number of nitriles is 1. The molecular formula is C9H11N3O. The van der Waals surface area contributed by atoms with E-state index in [1.54, 1.807) is 12.3 Å². The van der Waals surface area contributed by atoms with E-state index < -0.39 is 6.17 Å². The minimum absolute atomic E-state index is 0.339. The van der Waals surface area contributed by atoms with E-state index in [0.717, 1.165) is 12.8 Å². The molecule has 4 heteroatoms. The van der Waals surface area contributed by atoms with E-state index in [1.807, 2.05) is 0 Å².